The van der Waals surface area contributed by atoms with Crippen LogP contribution in [0.1, 0.15) is 54.7 Å². The molecular formula is C16H28ClN3S. The topological polar surface area (TPSA) is 28.2 Å². The van der Waals surface area contributed by atoms with Crippen LogP contribution in [0.4, 0.5) is 0 Å². The summed E-state index contributed by atoms with van der Waals surface area (Å²) in [5.41, 5.74) is 1.84. The first-order valence-corrected chi connectivity index (χ1v) is 8.82. The van der Waals surface area contributed by atoms with Crippen molar-refractivity contribution in [3.05, 3.63) is 15.6 Å². The zero-order valence-electron chi connectivity index (χ0n) is 13.4. The lowest BCUT2D eigenvalue weighted by Gasteiger charge is -2.36. The van der Waals surface area contributed by atoms with E-state index in [0.29, 0.717) is 11.5 Å². The molecule has 2 heterocycles. The number of rotatable bonds is 4. The molecule has 0 amide bonds. The molecule has 0 bridgehead atoms. The second-order valence-corrected chi connectivity index (χ2v) is 7.95. The van der Waals surface area contributed by atoms with Crippen LogP contribution in [-0.4, -0.2) is 36.6 Å². The molecule has 1 saturated heterocycles. The first-order chi connectivity index (χ1) is 9.61. The molecule has 120 valence electrons. The second-order valence-electron chi connectivity index (χ2n) is 6.83. The number of halogens is 1. The van der Waals surface area contributed by atoms with Crippen LogP contribution in [0.15, 0.2) is 0 Å². The lowest BCUT2D eigenvalue weighted by Crippen LogP contribution is -2.38. The van der Waals surface area contributed by atoms with Crippen molar-refractivity contribution in [3.63, 3.8) is 0 Å². The summed E-state index contributed by atoms with van der Waals surface area (Å²) in [5.74, 6) is 0. The maximum Gasteiger partial charge on any atom is 0.0928 e. The Morgan fingerprint density at radius 1 is 1.48 bits per heavy atom. The number of hydrogen-bond donors (Lipinski definition) is 1. The highest BCUT2D eigenvalue weighted by molar-refractivity contribution is 7.11. The van der Waals surface area contributed by atoms with Crippen LogP contribution < -0.4 is 5.32 Å². The monoisotopic (exact) mass is 329 g/mol. The predicted molar refractivity (Wildman–Crippen MR) is 92.6 cm³/mol. The molecule has 3 rings (SSSR count). The molecule has 2 unspecified atom stereocenters. The molecular weight excluding hydrogens is 302 g/mol. The highest BCUT2D eigenvalue weighted by Crippen LogP contribution is 2.39. The van der Waals surface area contributed by atoms with E-state index in [1.54, 1.807) is 4.88 Å². The number of nitrogens with one attached hydrogen (secondary N) is 1. The summed E-state index contributed by atoms with van der Waals surface area (Å²) in [7, 11) is 2.31. The average Bonchev–Trinajstić information content (AvgIpc) is 3.03. The van der Waals surface area contributed by atoms with Crippen LogP contribution in [0, 0.1) is 5.41 Å². The fourth-order valence-electron chi connectivity index (χ4n) is 3.74. The molecule has 0 spiro atoms. The van der Waals surface area contributed by atoms with Gasteiger partial charge in [-0.05, 0) is 51.1 Å². The molecule has 2 atom stereocenters. The summed E-state index contributed by atoms with van der Waals surface area (Å²) in [6.07, 6.45) is 6.17. The minimum atomic E-state index is 0. The smallest absolute Gasteiger partial charge is 0.0928 e. The Morgan fingerprint density at radius 3 is 2.95 bits per heavy atom. The Kier molecular flexibility index (Phi) is 5.69. The summed E-state index contributed by atoms with van der Waals surface area (Å²) in [5, 5.41) is 4.84. The van der Waals surface area contributed by atoms with Crippen molar-refractivity contribution in [1.29, 1.82) is 0 Å². The third kappa shape index (κ3) is 3.61. The van der Waals surface area contributed by atoms with Crippen LogP contribution in [-0.2, 0) is 12.8 Å². The van der Waals surface area contributed by atoms with Gasteiger partial charge in [-0.2, -0.15) is 0 Å². The molecule has 5 heteroatoms. The molecule has 1 fully saturated rings. The Hall–Kier alpha value is -0.160. The molecule has 1 N–H and O–H groups in total. The van der Waals surface area contributed by atoms with Crippen LogP contribution in [0.2, 0.25) is 0 Å². The van der Waals surface area contributed by atoms with Gasteiger partial charge in [-0.25, -0.2) is 4.98 Å². The van der Waals surface area contributed by atoms with E-state index in [1.165, 1.54) is 56.0 Å². The first-order valence-electron chi connectivity index (χ1n) is 8.01. The molecule has 1 aliphatic carbocycles. The molecule has 1 aliphatic heterocycles. The number of aromatic nitrogens is 1. The highest BCUT2D eigenvalue weighted by atomic mass is 35.5. The molecule has 2 aliphatic rings. The summed E-state index contributed by atoms with van der Waals surface area (Å²) in [6.45, 7) is 8.19. The molecule has 21 heavy (non-hydrogen) atoms. The van der Waals surface area contributed by atoms with Gasteiger partial charge in [-0.15, -0.1) is 23.7 Å². The fourth-order valence-corrected chi connectivity index (χ4v) is 4.99. The Balaban J connectivity index is 0.00000161. The van der Waals surface area contributed by atoms with E-state index in [-0.39, 0.29) is 12.4 Å². The number of fused-ring (bicyclic) bond motifs is 1. The molecule has 1 aromatic heterocycles. The Labute approximate surface area is 138 Å². The van der Waals surface area contributed by atoms with Crippen LogP contribution in [0.5, 0.6) is 0 Å². The van der Waals surface area contributed by atoms with Gasteiger partial charge in [0.05, 0.1) is 10.7 Å². The Bertz CT molecular complexity index is 468. The fraction of sp³-hybridized carbons (Fsp3) is 0.812. The molecule has 0 saturated carbocycles. The van der Waals surface area contributed by atoms with Gasteiger partial charge in [0.15, 0.2) is 0 Å². The van der Waals surface area contributed by atoms with Crippen molar-refractivity contribution >= 4 is 23.7 Å². The molecule has 1 aromatic rings. The van der Waals surface area contributed by atoms with E-state index < -0.39 is 0 Å². The maximum absolute atomic E-state index is 4.83. The normalized spacial score (nSPS) is 28.5. The predicted octanol–water partition coefficient (Wildman–Crippen LogP) is 3.44. The van der Waals surface area contributed by atoms with Crippen molar-refractivity contribution in [2.24, 2.45) is 5.41 Å². The minimum Gasteiger partial charge on any atom is -0.316 e. The molecule has 0 radical (unpaired) electrons. The first kappa shape index (κ1) is 17.2. The minimum absolute atomic E-state index is 0. The third-order valence-corrected chi connectivity index (χ3v) is 6.23. The van der Waals surface area contributed by atoms with Gasteiger partial charge in [0.1, 0.15) is 0 Å². The van der Waals surface area contributed by atoms with E-state index in [9.17, 15) is 0 Å². The Morgan fingerprint density at radius 2 is 2.29 bits per heavy atom. The van der Waals surface area contributed by atoms with Crippen molar-refractivity contribution in [2.75, 3.05) is 26.7 Å². The van der Waals surface area contributed by atoms with Crippen molar-refractivity contribution in [3.8, 4) is 0 Å². The molecule has 3 nitrogen and oxygen atoms in total. The quantitative estimate of drug-likeness (QED) is 0.917. The van der Waals surface area contributed by atoms with E-state index in [4.69, 9.17) is 4.98 Å². The molecule has 0 aromatic carbocycles. The SMILES string of the molecule is CCc1nc2c(s1)C(N(C)CC1(C)CCNC1)CCC2.Cl. The van der Waals surface area contributed by atoms with E-state index in [1.807, 2.05) is 11.3 Å². The largest absolute Gasteiger partial charge is 0.316 e. The van der Waals surface area contributed by atoms with E-state index >= 15 is 0 Å². The average molecular weight is 330 g/mol. The number of nitrogens with zero attached hydrogens (tertiary/aromatic N) is 2. The van der Waals surface area contributed by atoms with Gasteiger partial charge in [0.25, 0.3) is 0 Å². The second kappa shape index (κ2) is 6.95. The van der Waals surface area contributed by atoms with Gasteiger partial charge in [-0.1, -0.05) is 13.8 Å². The highest BCUT2D eigenvalue weighted by Gasteiger charge is 2.34. The van der Waals surface area contributed by atoms with Gasteiger partial charge in [0.2, 0.25) is 0 Å². The van der Waals surface area contributed by atoms with Crippen molar-refractivity contribution in [2.45, 2.75) is 52.0 Å². The third-order valence-electron chi connectivity index (χ3n) is 4.89. The summed E-state index contributed by atoms with van der Waals surface area (Å²) >= 11 is 1.96. The van der Waals surface area contributed by atoms with Gasteiger partial charge in [-0.3, -0.25) is 4.90 Å². The summed E-state index contributed by atoms with van der Waals surface area (Å²) < 4.78 is 0. The van der Waals surface area contributed by atoms with Crippen molar-refractivity contribution in [1.82, 2.24) is 15.2 Å². The number of hydrogen-bond acceptors (Lipinski definition) is 4. The zero-order valence-corrected chi connectivity index (χ0v) is 15.1. The van der Waals surface area contributed by atoms with Crippen LogP contribution >= 0.6 is 23.7 Å². The summed E-state index contributed by atoms with van der Waals surface area (Å²) in [4.78, 5) is 8.99. The van der Waals surface area contributed by atoms with Gasteiger partial charge < -0.3 is 5.32 Å². The van der Waals surface area contributed by atoms with E-state index in [0.717, 1.165) is 6.42 Å². The van der Waals surface area contributed by atoms with Crippen LogP contribution in [0.25, 0.3) is 0 Å². The zero-order chi connectivity index (χ0) is 14.2. The number of aryl methyl sites for hydroxylation is 2. The lowest BCUT2D eigenvalue weighted by molar-refractivity contribution is 0.149. The summed E-state index contributed by atoms with van der Waals surface area (Å²) in [6, 6.07) is 0.606. The lowest BCUT2D eigenvalue weighted by atomic mass is 9.87. The number of thiazole rings is 1. The standard InChI is InChI=1S/C16H27N3S.ClH/c1-4-14-18-12-6-5-7-13(15(12)20-14)19(3)11-16(2)8-9-17-10-16;/h13,17H,4-11H2,1-3H3;1H. The van der Waals surface area contributed by atoms with E-state index in [2.05, 4.69) is 31.1 Å². The van der Waals surface area contributed by atoms with Crippen LogP contribution in [0.3, 0.4) is 0 Å². The van der Waals surface area contributed by atoms with Gasteiger partial charge >= 0.3 is 0 Å². The van der Waals surface area contributed by atoms with Gasteiger partial charge in [0, 0.05) is 24.0 Å². The van der Waals surface area contributed by atoms with Crippen molar-refractivity contribution < 1.29 is 0 Å². The maximum atomic E-state index is 4.83.